The summed E-state index contributed by atoms with van der Waals surface area (Å²) in [5.41, 5.74) is 0.786. The third-order valence-corrected chi connectivity index (χ3v) is 2.04. The van der Waals surface area contributed by atoms with E-state index in [1.807, 2.05) is 0 Å². The Bertz CT molecular complexity index is 396. The van der Waals surface area contributed by atoms with Gasteiger partial charge in [-0.1, -0.05) is 0 Å². The maximum Gasteiger partial charge on any atom is 0.330 e. The third kappa shape index (κ3) is 3.02. The van der Waals surface area contributed by atoms with Gasteiger partial charge in [0.25, 0.3) is 0 Å². The van der Waals surface area contributed by atoms with Crippen molar-refractivity contribution in [2.75, 3.05) is 21.3 Å². The molecule has 1 rings (SSSR count). The van der Waals surface area contributed by atoms with Crippen LogP contribution in [0, 0.1) is 0 Å². The molecule has 0 unspecified atom stereocenters. The predicted octanol–water partition coefficient (Wildman–Crippen LogP) is 1.89. The normalized spacial score (nSPS) is 10.2. The van der Waals surface area contributed by atoms with Crippen molar-refractivity contribution in [2.45, 2.75) is 0 Å². The van der Waals surface area contributed by atoms with E-state index >= 15 is 0 Å². The molecule has 1 aromatic carbocycles. The highest BCUT2D eigenvalue weighted by atomic mass is 16.5. The molecule has 0 bridgehead atoms. The Labute approximate surface area is 94.4 Å². The molecule has 0 amide bonds. The largest absolute Gasteiger partial charge is 0.497 e. The van der Waals surface area contributed by atoms with Crippen LogP contribution in [-0.4, -0.2) is 27.3 Å². The van der Waals surface area contributed by atoms with Gasteiger partial charge >= 0.3 is 5.97 Å². The molecule has 1 aromatic rings. The van der Waals surface area contributed by atoms with Crippen molar-refractivity contribution in [1.82, 2.24) is 0 Å². The minimum absolute atomic E-state index is 0.405. The summed E-state index contributed by atoms with van der Waals surface area (Å²) in [5, 5.41) is 0. The second-order valence-electron chi connectivity index (χ2n) is 2.96. The molecular formula is C12H14O4. The van der Waals surface area contributed by atoms with E-state index in [1.165, 1.54) is 13.2 Å². The van der Waals surface area contributed by atoms with Crippen LogP contribution in [-0.2, 0) is 9.53 Å². The lowest BCUT2D eigenvalue weighted by Crippen LogP contribution is -1.94. The number of rotatable bonds is 4. The minimum Gasteiger partial charge on any atom is -0.497 e. The summed E-state index contributed by atoms with van der Waals surface area (Å²) < 4.78 is 14.7. The van der Waals surface area contributed by atoms with Crippen LogP contribution in [0.1, 0.15) is 5.56 Å². The first-order valence-electron chi connectivity index (χ1n) is 4.69. The average molecular weight is 222 g/mol. The fourth-order valence-corrected chi connectivity index (χ4v) is 1.18. The lowest BCUT2D eigenvalue weighted by Gasteiger charge is -2.06. The van der Waals surface area contributed by atoms with Gasteiger partial charge in [-0.05, 0) is 18.2 Å². The molecule has 4 heteroatoms. The van der Waals surface area contributed by atoms with Crippen LogP contribution >= 0.6 is 0 Å². The van der Waals surface area contributed by atoms with Crippen molar-refractivity contribution < 1.29 is 19.0 Å². The van der Waals surface area contributed by atoms with Crippen LogP contribution in [0.25, 0.3) is 6.08 Å². The minimum atomic E-state index is -0.405. The summed E-state index contributed by atoms with van der Waals surface area (Å²) >= 11 is 0. The third-order valence-electron chi connectivity index (χ3n) is 2.04. The van der Waals surface area contributed by atoms with Gasteiger partial charge in [0.15, 0.2) is 0 Å². The van der Waals surface area contributed by atoms with Gasteiger partial charge in [-0.3, -0.25) is 0 Å². The Kier molecular flexibility index (Phi) is 4.39. The van der Waals surface area contributed by atoms with Crippen LogP contribution in [0.4, 0.5) is 0 Å². The molecule has 86 valence electrons. The molecule has 16 heavy (non-hydrogen) atoms. The number of methoxy groups -OCH3 is 3. The van der Waals surface area contributed by atoms with Gasteiger partial charge in [0, 0.05) is 17.7 Å². The topological polar surface area (TPSA) is 44.8 Å². The maximum absolute atomic E-state index is 10.9. The molecule has 0 atom stereocenters. The lowest BCUT2D eigenvalue weighted by molar-refractivity contribution is -0.134. The summed E-state index contributed by atoms with van der Waals surface area (Å²) in [7, 11) is 4.47. The molecular weight excluding hydrogens is 208 g/mol. The van der Waals surface area contributed by atoms with Gasteiger partial charge in [0.2, 0.25) is 0 Å². The van der Waals surface area contributed by atoms with E-state index in [4.69, 9.17) is 9.47 Å². The van der Waals surface area contributed by atoms with E-state index in [0.717, 1.165) is 5.56 Å². The Hall–Kier alpha value is -1.97. The van der Waals surface area contributed by atoms with Crippen molar-refractivity contribution >= 4 is 12.0 Å². The van der Waals surface area contributed by atoms with Crippen LogP contribution in [0.2, 0.25) is 0 Å². The van der Waals surface area contributed by atoms with Gasteiger partial charge in [-0.15, -0.1) is 0 Å². The second-order valence-corrected chi connectivity index (χ2v) is 2.96. The monoisotopic (exact) mass is 222 g/mol. The maximum atomic E-state index is 10.9. The van der Waals surface area contributed by atoms with Crippen molar-refractivity contribution in [2.24, 2.45) is 0 Å². The zero-order valence-electron chi connectivity index (χ0n) is 9.52. The average Bonchev–Trinajstić information content (AvgIpc) is 2.35. The van der Waals surface area contributed by atoms with Gasteiger partial charge < -0.3 is 14.2 Å². The van der Waals surface area contributed by atoms with Crippen molar-refractivity contribution in [3.05, 3.63) is 29.8 Å². The molecule has 0 aliphatic heterocycles. The van der Waals surface area contributed by atoms with Gasteiger partial charge in [0.1, 0.15) is 11.5 Å². The number of hydrogen-bond acceptors (Lipinski definition) is 4. The van der Waals surface area contributed by atoms with Gasteiger partial charge in [-0.2, -0.15) is 0 Å². The second kappa shape index (κ2) is 5.80. The highest BCUT2D eigenvalue weighted by molar-refractivity contribution is 5.87. The fourth-order valence-electron chi connectivity index (χ4n) is 1.18. The molecule has 0 fully saturated rings. The Morgan fingerprint density at radius 3 is 2.50 bits per heavy atom. The number of benzene rings is 1. The SMILES string of the molecule is COC(=O)/C=C\c1ccc(OC)cc1OC. The molecule has 0 spiro atoms. The van der Waals surface area contributed by atoms with E-state index in [-0.39, 0.29) is 0 Å². The highest BCUT2D eigenvalue weighted by Gasteiger charge is 2.02. The van der Waals surface area contributed by atoms with Crippen molar-refractivity contribution in [3.63, 3.8) is 0 Å². The van der Waals surface area contributed by atoms with E-state index in [1.54, 1.807) is 38.5 Å². The zero-order valence-corrected chi connectivity index (χ0v) is 9.52. The molecule has 0 aliphatic carbocycles. The lowest BCUT2D eigenvalue weighted by atomic mass is 10.2. The molecule has 0 aromatic heterocycles. The van der Waals surface area contributed by atoms with Crippen LogP contribution in [0.5, 0.6) is 11.5 Å². The standard InChI is InChI=1S/C12H14O4/c1-14-10-6-4-9(11(8-10)15-2)5-7-12(13)16-3/h4-8H,1-3H3/b7-5-. The first kappa shape index (κ1) is 12.1. The summed E-state index contributed by atoms with van der Waals surface area (Å²) in [5.74, 6) is 0.935. The number of hydrogen-bond donors (Lipinski definition) is 0. The smallest absolute Gasteiger partial charge is 0.330 e. The van der Waals surface area contributed by atoms with E-state index in [0.29, 0.717) is 11.5 Å². The number of ether oxygens (including phenoxy) is 3. The summed E-state index contributed by atoms with van der Waals surface area (Å²) in [6, 6.07) is 5.34. The fraction of sp³-hybridized carbons (Fsp3) is 0.250. The Balaban J connectivity index is 2.95. The Morgan fingerprint density at radius 2 is 1.94 bits per heavy atom. The van der Waals surface area contributed by atoms with Gasteiger partial charge in [-0.25, -0.2) is 4.79 Å². The first-order valence-corrected chi connectivity index (χ1v) is 4.69. The molecule has 0 saturated heterocycles. The van der Waals surface area contributed by atoms with Gasteiger partial charge in [0.05, 0.1) is 21.3 Å². The summed E-state index contributed by atoms with van der Waals surface area (Å²) in [6.07, 6.45) is 2.97. The molecule has 4 nitrogen and oxygen atoms in total. The molecule has 0 aliphatic rings. The van der Waals surface area contributed by atoms with Crippen LogP contribution in [0.15, 0.2) is 24.3 Å². The Morgan fingerprint density at radius 1 is 1.19 bits per heavy atom. The number of esters is 1. The predicted molar refractivity (Wildman–Crippen MR) is 60.6 cm³/mol. The highest BCUT2D eigenvalue weighted by Crippen LogP contribution is 2.25. The molecule has 0 radical (unpaired) electrons. The van der Waals surface area contributed by atoms with Crippen LogP contribution < -0.4 is 9.47 Å². The van der Waals surface area contributed by atoms with E-state index in [2.05, 4.69) is 4.74 Å². The number of carbonyl (C=O) groups excluding carboxylic acids is 1. The molecule has 0 saturated carbocycles. The van der Waals surface area contributed by atoms with E-state index < -0.39 is 5.97 Å². The first-order chi connectivity index (χ1) is 7.71. The summed E-state index contributed by atoms with van der Waals surface area (Å²) in [6.45, 7) is 0. The zero-order chi connectivity index (χ0) is 12.0. The van der Waals surface area contributed by atoms with Crippen LogP contribution in [0.3, 0.4) is 0 Å². The molecule has 0 N–H and O–H groups in total. The van der Waals surface area contributed by atoms with Crippen molar-refractivity contribution in [3.8, 4) is 11.5 Å². The number of carbonyl (C=O) groups is 1. The quantitative estimate of drug-likeness (QED) is 0.576. The van der Waals surface area contributed by atoms with Crippen molar-refractivity contribution in [1.29, 1.82) is 0 Å². The summed E-state index contributed by atoms with van der Waals surface area (Å²) in [4.78, 5) is 10.9. The molecule has 0 heterocycles. The van der Waals surface area contributed by atoms with E-state index in [9.17, 15) is 4.79 Å².